The lowest BCUT2D eigenvalue weighted by atomic mass is 10.0. The highest BCUT2D eigenvalue weighted by Crippen LogP contribution is 2.13. The summed E-state index contributed by atoms with van der Waals surface area (Å²) < 4.78 is 0. The van der Waals surface area contributed by atoms with Gasteiger partial charge in [0.15, 0.2) is 6.29 Å². The third-order valence-electron chi connectivity index (χ3n) is 4.87. The Balaban J connectivity index is 0. The van der Waals surface area contributed by atoms with Crippen molar-refractivity contribution in [3.05, 3.63) is 0 Å². The molecule has 0 aliphatic heterocycles. The molecule has 0 aromatic carbocycles. The van der Waals surface area contributed by atoms with E-state index in [1.165, 1.54) is 103 Å². The molecule has 0 amide bonds. The van der Waals surface area contributed by atoms with Crippen molar-refractivity contribution in [2.75, 3.05) is 20.1 Å². The van der Waals surface area contributed by atoms with Gasteiger partial charge in [-0.3, -0.25) is 0 Å². The Labute approximate surface area is 168 Å². The van der Waals surface area contributed by atoms with E-state index in [9.17, 15) is 0 Å². The molecule has 0 aliphatic carbocycles. The topological polar surface area (TPSA) is 43.7 Å². The van der Waals surface area contributed by atoms with Gasteiger partial charge >= 0.3 is 0 Å². The largest absolute Gasteiger partial charge is 0.367 e. The van der Waals surface area contributed by atoms with Gasteiger partial charge in [-0.1, -0.05) is 103 Å². The normalized spacial score (nSPS) is 11.3. The van der Waals surface area contributed by atoms with Crippen LogP contribution in [0.1, 0.15) is 110 Å². The molecule has 0 rings (SSSR count). The molecule has 0 aromatic heterocycles. The molecule has 4 heteroatoms. The molecule has 0 bridgehead atoms. The van der Waals surface area contributed by atoms with Crippen molar-refractivity contribution in [3.8, 4) is 0 Å². The average molecular weight is 425 g/mol. The summed E-state index contributed by atoms with van der Waals surface area (Å²) in [7, 11) is 1.95. The molecular weight excluding hydrogens is 378 g/mol. The van der Waals surface area contributed by atoms with Gasteiger partial charge in [0.2, 0.25) is 0 Å². The summed E-state index contributed by atoms with van der Waals surface area (Å²) in [5, 5.41) is 17.7. The molecule has 0 atom stereocenters. The van der Waals surface area contributed by atoms with E-state index in [0.717, 1.165) is 6.54 Å². The molecule has 0 spiro atoms. The summed E-state index contributed by atoms with van der Waals surface area (Å²) in [6, 6.07) is 0. The Morgan fingerprint density at radius 3 is 1.24 bits per heavy atom. The van der Waals surface area contributed by atoms with Crippen molar-refractivity contribution < 1.29 is 10.2 Å². The van der Waals surface area contributed by atoms with Gasteiger partial charge in [0.25, 0.3) is 0 Å². The van der Waals surface area contributed by atoms with Crippen LogP contribution in [0.3, 0.4) is 0 Å². The maximum atomic E-state index is 8.87. The van der Waals surface area contributed by atoms with Crippen molar-refractivity contribution >= 4 is 17.0 Å². The SMILES string of the molecule is Br.CCCCCCCCCCCCCCCCCCN(C)CC(O)O. The summed E-state index contributed by atoms with van der Waals surface area (Å²) in [6.45, 7) is 3.61. The number of hydrogen-bond acceptors (Lipinski definition) is 3. The number of aliphatic hydroxyl groups excluding tert-OH is 1. The lowest BCUT2D eigenvalue weighted by molar-refractivity contribution is -0.0573. The molecule has 0 aliphatic rings. The van der Waals surface area contributed by atoms with E-state index in [2.05, 4.69) is 6.92 Å². The van der Waals surface area contributed by atoms with Crippen LogP contribution < -0.4 is 0 Å². The quantitative estimate of drug-likeness (QED) is 0.195. The predicted molar refractivity (Wildman–Crippen MR) is 116 cm³/mol. The van der Waals surface area contributed by atoms with Gasteiger partial charge in [-0.2, -0.15) is 0 Å². The van der Waals surface area contributed by atoms with Gasteiger partial charge in [0.05, 0.1) is 0 Å². The highest BCUT2D eigenvalue weighted by atomic mass is 79.9. The van der Waals surface area contributed by atoms with Crippen LogP contribution in [-0.2, 0) is 0 Å². The van der Waals surface area contributed by atoms with E-state index in [0.29, 0.717) is 6.54 Å². The van der Waals surface area contributed by atoms with Crippen LogP contribution in [0.4, 0.5) is 0 Å². The monoisotopic (exact) mass is 423 g/mol. The first kappa shape index (κ1) is 27.6. The fourth-order valence-electron chi connectivity index (χ4n) is 3.30. The zero-order valence-corrected chi connectivity index (χ0v) is 18.8. The van der Waals surface area contributed by atoms with Crippen LogP contribution in [0.5, 0.6) is 0 Å². The van der Waals surface area contributed by atoms with Gasteiger partial charge in [0, 0.05) is 6.54 Å². The Kier molecular flexibility index (Phi) is 24.7. The maximum Gasteiger partial charge on any atom is 0.164 e. The summed E-state index contributed by atoms with van der Waals surface area (Å²) in [6.07, 6.45) is 21.0. The number of halogens is 1. The Bertz CT molecular complexity index is 240. The van der Waals surface area contributed by atoms with E-state index in [-0.39, 0.29) is 17.0 Å². The fourth-order valence-corrected chi connectivity index (χ4v) is 3.30. The summed E-state index contributed by atoms with van der Waals surface area (Å²) >= 11 is 0. The van der Waals surface area contributed by atoms with Crippen LogP contribution in [0.25, 0.3) is 0 Å². The molecule has 0 heterocycles. The smallest absolute Gasteiger partial charge is 0.164 e. The lowest BCUT2D eigenvalue weighted by Gasteiger charge is -2.17. The molecule has 0 aromatic rings. The molecule has 0 saturated carbocycles. The van der Waals surface area contributed by atoms with Crippen molar-refractivity contribution in [2.24, 2.45) is 0 Å². The van der Waals surface area contributed by atoms with Crippen molar-refractivity contribution in [1.29, 1.82) is 0 Å². The molecule has 0 radical (unpaired) electrons. The van der Waals surface area contributed by atoms with Crippen LogP contribution in [-0.4, -0.2) is 41.5 Å². The van der Waals surface area contributed by atoms with E-state index in [1.807, 2.05) is 11.9 Å². The highest BCUT2D eigenvalue weighted by molar-refractivity contribution is 8.93. The first-order valence-electron chi connectivity index (χ1n) is 10.7. The van der Waals surface area contributed by atoms with Crippen LogP contribution in [0.2, 0.25) is 0 Å². The molecule has 154 valence electrons. The fraction of sp³-hybridized carbons (Fsp3) is 1.00. The van der Waals surface area contributed by atoms with Gasteiger partial charge in [-0.05, 0) is 20.0 Å². The zero-order chi connectivity index (χ0) is 17.9. The summed E-state index contributed by atoms with van der Waals surface area (Å²) in [4.78, 5) is 1.99. The van der Waals surface area contributed by atoms with E-state index < -0.39 is 6.29 Å². The minimum atomic E-state index is -1.20. The van der Waals surface area contributed by atoms with Crippen LogP contribution in [0, 0.1) is 0 Å². The molecule has 3 nitrogen and oxygen atoms in total. The number of likely N-dealkylation sites (N-methyl/N-ethyl adjacent to an activating group) is 1. The zero-order valence-electron chi connectivity index (χ0n) is 17.1. The van der Waals surface area contributed by atoms with Gasteiger partial charge in [-0.15, -0.1) is 17.0 Å². The highest BCUT2D eigenvalue weighted by Gasteiger charge is 2.03. The van der Waals surface area contributed by atoms with E-state index in [1.54, 1.807) is 0 Å². The standard InChI is InChI=1S/C21H45NO2.BrH/c1-3-4-5-6-7-8-9-10-11-12-13-14-15-16-17-18-19-22(2)20-21(23)24;/h21,23-24H,3-20H2,1-2H3;1H. The number of aliphatic hydroxyl groups is 2. The minimum Gasteiger partial charge on any atom is -0.367 e. The Morgan fingerprint density at radius 2 is 0.920 bits per heavy atom. The first-order valence-corrected chi connectivity index (χ1v) is 10.7. The van der Waals surface area contributed by atoms with Crippen molar-refractivity contribution in [1.82, 2.24) is 4.90 Å². The molecule has 2 N–H and O–H groups in total. The molecule has 0 unspecified atom stereocenters. The van der Waals surface area contributed by atoms with E-state index in [4.69, 9.17) is 10.2 Å². The third kappa shape index (κ3) is 24.4. The van der Waals surface area contributed by atoms with Crippen LogP contribution in [0.15, 0.2) is 0 Å². The molecule has 0 fully saturated rings. The molecule has 0 saturated heterocycles. The number of unbranched alkanes of at least 4 members (excludes halogenated alkanes) is 15. The second kappa shape index (κ2) is 22.4. The second-order valence-electron chi connectivity index (χ2n) is 7.55. The maximum absolute atomic E-state index is 8.87. The number of nitrogens with zero attached hydrogens (tertiary/aromatic N) is 1. The number of hydrogen-bond donors (Lipinski definition) is 2. The second-order valence-corrected chi connectivity index (χ2v) is 7.55. The summed E-state index contributed by atoms with van der Waals surface area (Å²) in [5.74, 6) is 0. The minimum absolute atomic E-state index is 0. The van der Waals surface area contributed by atoms with Gasteiger partial charge in [-0.25, -0.2) is 0 Å². The molecular formula is C21H46BrNO2. The van der Waals surface area contributed by atoms with Gasteiger partial charge < -0.3 is 15.1 Å². The third-order valence-corrected chi connectivity index (χ3v) is 4.87. The van der Waals surface area contributed by atoms with E-state index >= 15 is 0 Å². The lowest BCUT2D eigenvalue weighted by Crippen LogP contribution is -2.29. The Morgan fingerprint density at radius 1 is 0.600 bits per heavy atom. The van der Waals surface area contributed by atoms with Gasteiger partial charge in [0.1, 0.15) is 0 Å². The Hall–Kier alpha value is 0.360. The van der Waals surface area contributed by atoms with Crippen molar-refractivity contribution in [3.63, 3.8) is 0 Å². The predicted octanol–water partition coefficient (Wildman–Crippen LogP) is 6.07. The molecule has 25 heavy (non-hydrogen) atoms. The van der Waals surface area contributed by atoms with Crippen LogP contribution >= 0.6 is 17.0 Å². The average Bonchev–Trinajstić information content (AvgIpc) is 2.53. The van der Waals surface area contributed by atoms with Crippen molar-refractivity contribution in [2.45, 2.75) is 116 Å². The number of rotatable bonds is 19. The first-order chi connectivity index (χ1) is 11.7. The summed E-state index contributed by atoms with van der Waals surface area (Å²) in [5.41, 5.74) is 0.